The Labute approximate surface area is 121 Å². The minimum absolute atomic E-state index is 0.441. The molecular formula is C14H13BN2O4. The largest absolute Gasteiger partial charge is 0.493 e. The number of benzene rings is 2. The third-order valence-electron chi connectivity index (χ3n) is 3.21. The minimum Gasteiger partial charge on any atom is -0.423 e. The highest BCUT2D eigenvalue weighted by atomic mass is 16.7. The van der Waals surface area contributed by atoms with E-state index in [1.807, 2.05) is 6.07 Å². The number of nitrogens with one attached hydrogen (secondary N) is 1. The second kappa shape index (κ2) is 5.57. The van der Waals surface area contributed by atoms with Gasteiger partial charge in [-0.3, -0.25) is 0 Å². The lowest BCUT2D eigenvalue weighted by atomic mass is 9.79. The van der Waals surface area contributed by atoms with Gasteiger partial charge in [-0.25, -0.2) is 10.3 Å². The third kappa shape index (κ3) is 2.75. The molecular weight excluding hydrogens is 271 g/mol. The lowest BCUT2D eigenvalue weighted by Crippen LogP contribution is -2.28. The summed E-state index contributed by atoms with van der Waals surface area (Å²) in [6.45, 7) is 0. The second-order valence-electron chi connectivity index (χ2n) is 4.61. The van der Waals surface area contributed by atoms with Gasteiger partial charge in [-0.15, -0.1) is 0 Å². The topological polar surface area (TPSA) is 93.8 Å². The van der Waals surface area contributed by atoms with Crippen molar-refractivity contribution in [3.63, 3.8) is 0 Å². The molecule has 3 rings (SSSR count). The fourth-order valence-corrected chi connectivity index (χ4v) is 2.14. The molecule has 1 atom stereocenters. The number of fused-ring (bicyclic) bond motifs is 1. The van der Waals surface area contributed by atoms with Gasteiger partial charge in [0.25, 0.3) is 0 Å². The molecule has 1 heterocycles. The van der Waals surface area contributed by atoms with Crippen molar-refractivity contribution in [2.45, 2.75) is 6.23 Å². The highest BCUT2D eigenvalue weighted by Gasteiger charge is 2.33. The van der Waals surface area contributed by atoms with Crippen molar-refractivity contribution >= 4 is 24.2 Å². The standard InChI is InChI=1S/C14H13BN2O4/c16-13-11-7-6-10(8-12(11)15(19)20-13)17-21-14(18)9-4-2-1-3-5-9/h1-8,13,17,19H,16H2. The van der Waals surface area contributed by atoms with Crippen LogP contribution in [0.1, 0.15) is 22.1 Å². The van der Waals surface area contributed by atoms with Crippen molar-refractivity contribution in [1.82, 2.24) is 0 Å². The van der Waals surface area contributed by atoms with Crippen LogP contribution in [-0.2, 0) is 9.49 Å². The SMILES string of the molecule is NC1OB(O)c2cc(NOC(=O)c3ccccc3)ccc21. The second-order valence-corrected chi connectivity index (χ2v) is 4.61. The Morgan fingerprint density at radius 3 is 2.81 bits per heavy atom. The van der Waals surface area contributed by atoms with Gasteiger partial charge >= 0.3 is 13.1 Å². The number of anilines is 1. The molecule has 0 saturated carbocycles. The highest BCUT2D eigenvalue weighted by Crippen LogP contribution is 2.21. The van der Waals surface area contributed by atoms with E-state index in [1.165, 1.54) is 0 Å². The molecule has 6 nitrogen and oxygen atoms in total. The van der Waals surface area contributed by atoms with Crippen LogP contribution in [0.5, 0.6) is 0 Å². The van der Waals surface area contributed by atoms with Crippen LogP contribution in [-0.4, -0.2) is 18.1 Å². The van der Waals surface area contributed by atoms with Crippen molar-refractivity contribution in [3.05, 3.63) is 59.7 Å². The fourth-order valence-electron chi connectivity index (χ4n) is 2.14. The summed E-state index contributed by atoms with van der Waals surface area (Å²) in [5, 5.41) is 9.69. The van der Waals surface area contributed by atoms with Crippen LogP contribution in [0.25, 0.3) is 0 Å². The van der Waals surface area contributed by atoms with Crippen LogP contribution < -0.4 is 16.7 Å². The van der Waals surface area contributed by atoms with Crippen molar-refractivity contribution in [2.24, 2.45) is 5.73 Å². The maximum atomic E-state index is 11.8. The van der Waals surface area contributed by atoms with E-state index in [2.05, 4.69) is 5.48 Å². The van der Waals surface area contributed by atoms with E-state index in [9.17, 15) is 9.82 Å². The Morgan fingerprint density at radius 2 is 2.05 bits per heavy atom. The molecule has 1 unspecified atom stereocenters. The zero-order chi connectivity index (χ0) is 14.8. The Morgan fingerprint density at radius 1 is 1.29 bits per heavy atom. The molecule has 0 radical (unpaired) electrons. The maximum absolute atomic E-state index is 11.8. The van der Waals surface area contributed by atoms with Crippen LogP contribution in [0, 0.1) is 0 Å². The zero-order valence-corrected chi connectivity index (χ0v) is 11.0. The Hall–Kier alpha value is -2.35. The van der Waals surface area contributed by atoms with Gasteiger partial charge in [0, 0.05) is 0 Å². The smallest absolute Gasteiger partial charge is 0.423 e. The number of nitrogens with two attached hydrogens (primary N) is 1. The highest BCUT2D eigenvalue weighted by molar-refractivity contribution is 6.61. The van der Waals surface area contributed by atoms with Crippen molar-refractivity contribution in [2.75, 3.05) is 5.48 Å². The first kappa shape index (κ1) is 13.6. The quantitative estimate of drug-likeness (QED) is 0.563. The average Bonchev–Trinajstić information content (AvgIpc) is 2.80. The van der Waals surface area contributed by atoms with Gasteiger partial charge in [-0.2, -0.15) is 0 Å². The summed E-state index contributed by atoms with van der Waals surface area (Å²) in [7, 11) is -1.07. The van der Waals surface area contributed by atoms with E-state index >= 15 is 0 Å². The Balaban J connectivity index is 1.69. The normalized spacial score (nSPS) is 16.5. The molecule has 7 heteroatoms. The molecule has 0 spiro atoms. The Kier molecular flexibility index (Phi) is 3.61. The Bertz CT molecular complexity index is 665. The van der Waals surface area contributed by atoms with Crippen LogP contribution in [0.15, 0.2) is 48.5 Å². The molecule has 0 fully saturated rings. The molecule has 0 aliphatic carbocycles. The average molecular weight is 284 g/mol. The van der Waals surface area contributed by atoms with Crippen molar-refractivity contribution in [3.8, 4) is 0 Å². The lowest BCUT2D eigenvalue weighted by molar-refractivity contribution is 0.0596. The number of carbonyl (C=O) groups excluding carboxylic acids is 1. The summed E-state index contributed by atoms with van der Waals surface area (Å²) in [6, 6.07) is 13.7. The predicted octanol–water partition coefficient (Wildman–Crippen LogP) is 0.545. The third-order valence-corrected chi connectivity index (χ3v) is 3.21. The van der Waals surface area contributed by atoms with Crippen LogP contribution in [0.4, 0.5) is 5.69 Å². The molecule has 106 valence electrons. The van der Waals surface area contributed by atoms with Gasteiger partial charge in [0.05, 0.1) is 11.3 Å². The molecule has 4 N–H and O–H groups in total. The van der Waals surface area contributed by atoms with Gasteiger partial charge < -0.3 is 20.2 Å². The molecule has 1 aliphatic rings. The first-order valence-electron chi connectivity index (χ1n) is 6.40. The van der Waals surface area contributed by atoms with Gasteiger partial charge in [-0.05, 0) is 35.3 Å². The number of hydrogen-bond acceptors (Lipinski definition) is 6. The first-order chi connectivity index (χ1) is 10.1. The van der Waals surface area contributed by atoms with E-state index in [1.54, 1.807) is 42.5 Å². The maximum Gasteiger partial charge on any atom is 0.493 e. The zero-order valence-electron chi connectivity index (χ0n) is 11.0. The molecule has 2 aromatic carbocycles. The monoisotopic (exact) mass is 284 g/mol. The van der Waals surface area contributed by atoms with E-state index in [-0.39, 0.29) is 0 Å². The van der Waals surface area contributed by atoms with E-state index < -0.39 is 19.3 Å². The summed E-state index contributed by atoms with van der Waals surface area (Å²) in [5.41, 5.74) is 10.5. The lowest BCUT2D eigenvalue weighted by Gasteiger charge is -2.09. The minimum atomic E-state index is -1.07. The number of hydrogen-bond donors (Lipinski definition) is 3. The van der Waals surface area contributed by atoms with Crippen LogP contribution in [0.3, 0.4) is 0 Å². The molecule has 0 bridgehead atoms. The number of rotatable bonds is 3. The molecule has 0 aromatic heterocycles. The summed E-state index contributed by atoms with van der Waals surface area (Å²) >= 11 is 0. The van der Waals surface area contributed by atoms with Gasteiger partial charge in [-0.1, -0.05) is 24.3 Å². The number of carbonyl (C=O) groups is 1. The van der Waals surface area contributed by atoms with E-state index in [4.69, 9.17) is 15.2 Å². The molecule has 1 aliphatic heterocycles. The summed E-state index contributed by atoms with van der Waals surface area (Å²) < 4.78 is 5.08. The molecule has 2 aromatic rings. The summed E-state index contributed by atoms with van der Waals surface area (Å²) in [5.74, 6) is -0.496. The van der Waals surface area contributed by atoms with Crippen molar-refractivity contribution < 1.29 is 19.3 Å². The van der Waals surface area contributed by atoms with E-state index in [0.29, 0.717) is 22.3 Å². The molecule has 21 heavy (non-hydrogen) atoms. The van der Waals surface area contributed by atoms with Gasteiger partial charge in [0.1, 0.15) is 6.23 Å². The molecule has 0 amide bonds. The van der Waals surface area contributed by atoms with Crippen molar-refractivity contribution in [1.29, 1.82) is 0 Å². The molecule has 0 saturated heterocycles. The van der Waals surface area contributed by atoms with Gasteiger partial charge in [0.2, 0.25) is 0 Å². The predicted molar refractivity (Wildman–Crippen MR) is 77.5 cm³/mol. The first-order valence-corrected chi connectivity index (χ1v) is 6.40. The summed E-state index contributed by atoms with van der Waals surface area (Å²) in [6.07, 6.45) is -0.643. The van der Waals surface area contributed by atoms with Gasteiger partial charge in [0.15, 0.2) is 0 Å². The van der Waals surface area contributed by atoms with E-state index in [0.717, 1.165) is 0 Å². The van der Waals surface area contributed by atoms with Crippen LogP contribution in [0.2, 0.25) is 0 Å². The van der Waals surface area contributed by atoms with Crippen LogP contribution >= 0.6 is 0 Å². The summed E-state index contributed by atoms with van der Waals surface area (Å²) in [4.78, 5) is 16.8. The fraction of sp³-hybridized carbons (Fsp3) is 0.0714.